The Bertz CT molecular complexity index is 742. The fraction of sp³-hybridized carbons (Fsp3) is 0.263. The van der Waals surface area contributed by atoms with Gasteiger partial charge in [-0.25, -0.2) is 4.79 Å². The molecule has 0 aromatic heterocycles. The molecule has 2 N–H and O–H groups in total. The van der Waals surface area contributed by atoms with Gasteiger partial charge in [-0.15, -0.1) is 0 Å². The largest absolute Gasteiger partial charge is 0.444 e. The average molecular weight is 361 g/mol. The van der Waals surface area contributed by atoms with Crippen molar-refractivity contribution >= 4 is 29.3 Å². The Morgan fingerprint density at radius 1 is 1.04 bits per heavy atom. The molecule has 5 nitrogen and oxygen atoms in total. The van der Waals surface area contributed by atoms with Crippen LogP contribution >= 0.6 is 11.6 Å². The van der Waals surface area contributed by atoms with E-state index in [2.05, 4.69) is 10.6 Å². The van der Waals surface area contributed by atoms with Crippen LogP contribution in [0.1, 0.15) is 32.4 Å². The molecule has 2 aromatic carbocycles. The molecule has 2 rings (SSSR count). The quantitative estimate of drug-likeness (QED) is 0.840. The second-order valence-corrected chi connectivity index (χ2v) is 6.93. The Kier molecular flexibility index (Phi) is 6.04. The van der Waals surface area contributed by atoms with Crippen LogP contribution in [0.2, 0.25) is 5.02 Å². The SMILES string of the molecule is CC(C)(C)OC(=O)NC(C(=O)Nc1cccc(Cl)c1)c1ccccc1. The summed E-state index contributed by atoms with van der Waals surface area (Å²) in [7, 11) is 0. The first-order valence-electron chi connectivity index (χ1n) is 7.85. The van der Waals surface area contributed by atoms with Crippen LogP contribution in [0.4, 0.5) is 10.5 Å². The lowest BCUT2D eigenvalue weighted by Gasteiger charge is -2.23. The van der Waals surface area contributed by atoms with Gasteiger partial charge in [0.1, 0.15) is 11.6 Å². The molecule has 1 unspecified atom stereocenters. The normalized spacial score (nSPS) is 12.2. The molecular weight excluding hydrogens is 340 g/mol. The maximum Gasteiger partial charge on any atom is 0.408 e. The molecule has 132 valence electrons. The number of hydrogen-bond donors (Lipinski definition) is 2. The number of rotatable bonds is 4. The Hall–Kier alpha value is -2.53. The number of halogens is 1. The Morgan fingerprint density at radius 2 is 1.72 bits per heavy atom. The smallest absolute Gasteiger partial charge is 0.408 e. The molecule has 6 heteroatoms. The van der Waals surface area contributed by atoms with Crippen molar-refractivity contribution in [3.8, 4) is 0 Å². The lowest BCUT2D eigenvalue weighted by molar-refractivity contribution is -0.118. The molecule has 0 aliphatic heterocycles. The van der Waals surface area contributed by atoms with Gasteiger partial charge in [0, 0.05) is 10.7 Å². The van der Waals surface area contributed by atoms with E-state index >= 15 is 0 Å². The first-order chi connectivity index (χ1) is 11.7. The van der Waals surface area contributed by atoms with Crippen molar-refractivity contribution in [2.24, 2.45) is 0 Å². The average Bonchev–Trinajstić information content (AvgIpc) is 2.51. The molecule has 0 heterocycles. The van der Waals surface area contributed by atoms with E-state index in [9.17, 15) is 9.59 Å². The summed E-state index contributed by atoms with van der Waals surface area (Å²) in [5.41, 5.74) is 0.534. The number of amides is 2. The summed E-state index contributed by atoms with van der Waals surface area (Å²) < 4.78 is 5.26. The number of anilines is 1. The van der Waals surface area contributed by atoms with Gasteiger partial charge in [-0.3, -0.25) is 4.79 Å². The minimum atomic E-state index is -0.893. The molecule has 2 amide bonds. The number of carbonyl (C=O) groups is 2. The summed E-state index contributed by atoms with van der Waals surface area (Å²) >= 11 is 5.94. The maximum atomic E-state index is 12.7. The first-order valence-corrected chi connectivity index (χ1v) is 8.23. The molecule has 0 saturated heterocycles. The number of carbonyl (C=O) groups excluding carboxylic acids is 2. The van der Waals surface area contributed by atoms with Crippen LogP contribution in [0.5, 0.6) is 0 Å². The molecule has 0 bridgehead atoms. The van der Waals surface area contributed by atoms with E-state index in [0.717, 1.165) is 0 Å². The predicted molar refractivity (Wildman–Crippen MR) is 98.6 cm³/mol. The number of hydrogen-bond acceptors (Lipinski definition) is 3. The lowest BCUT2D eigenvalue weighted by Crippen LogP contribution is -2.40. The number of benzene rings is 2. The lowest BCUT2D eigenvalue weighted by atomic mass is 10.1. The highest BCUT2D eigenvalue weighted by Gasteiger charge is 2.25. The van der Waals surface area contributed by atoms with Crippen molar-refractivity contribution in [1.29, 1.82) is 0 Å². The van der Waals surface area contributed by atoms with Crippen LogP contribution in [0.25, 0.3) is 0 Å². The van der Waals surface area contributed by atoms with Crippen LogP contribution in [-0.2, 0) is 9.53 Å². The minimum absolute atomic E-state index is 0.390. The van der Waals surface area contributed by atoms with Crippen molar-refractivity contribution < 1.29 is 14.3 Å². The highest BCUT2D eigenvalue weighted by atomic mass is 35.5. The standard InChI is InChI=1S/C19H21ClN2O3/c1-19(2,3)25-18(24)22-16(13-8-5-4-6-9-13)17(23)21-15-11-7-10-14(20)12-15/h4-12,16H,1-3H3,(H,21,23)(H,22,24). The molecule has 0 radical (unpaired) electrons. The van der Waals surface area contributed by atoms with Gasteiger partial charge in [0.05, 0.1) is 0 Å². The second kappa shape index (κ2) is 8.03. The van der Waals surface area contributed by atoms with E-state index in [4.69, 9.17) is 16.3 Å². The third kappa shape index (κ3) is 6.12. The highest BCUT2D eigenvalue weighted by molar-refractivity contribution is 6.30. The molecule has 0 saturated carbocycles. The van der Waals surface area contributed by atoms with E-state index in [-0.39, 0.29) is 5.91 Å². The molecule has 2 aromatic rings. The van der Waals surface area contributed by atoms with Gasteiger partial charge >= 0.3 is 6.09 Å². The zero-order valence-electron chi connectivity index (χ0n) is 14.4. The van der Waals surface area contributed by atoms with Crippen LogP contribution in [-0.4, -0.2) is 17.6 Å². The van der Waals surface area contributed by atoms with Crippen LogP contribution in [0.15, 0.2) is 54.6 Å². The van der Waals surface area contributed by atoms with E-state index in [0.29, 0.717) is 16.3 Å². The van der Waals surface area contributed by atoms with Gasteiger partial charge in [-0.1, -0.05) is 48.0 Å². The topological polar surface area (TPSA) is 67.4 Å². The van der Waals surface area contributed by atoms with Gasteiger partial charge in [0.15, 0.2) is 0 Å². The number of nitrogens with one attached hydrogen (secondary N) is 2. The summed E-state index contributed by atoms with van der Waals surface area (Å²) in [6.07, 6.45) is -0.664. The third-order valence-electron chi connectivity index (χ3n) is 3.15. The Morgan fingerprint density at radius 3 is 2.32 bits per heavy atom. The van der Waals surface area contributed by atoms with Gasteiger partial charge in [0.25, 0.3) is 5.91 Å². The van der Waals surface area contributed by atoms with Crippen LogP contribution in [0.3, 0.4) is 0 Å². The first kappa shape index (κ1) is 18.8. The van der Waals surface area contributed by atoms with E-state index in [1.165, 1.54) is 0 Å². The van der Waals surface area contributed by atoms with Gasteiger partial charge in [-0.2, -0.15) is 0 Å². The molecule has 25 heavy (non-hydrogen) atoms. The second-order valence-electron chi connectivity index (χ2n) is 6.49. The molecule has 0 aliphatic carbocycles. The zero-order valence-corrected chi connectivity index (χ0v) is 15.1. The molecule has 0 spiro atoms. The van der Waals surface area contributed by atoms with Crippen molar-refractivity contribution in [3.63, 3.8) is 0 Å². The summed E-state index contributed by atoms with van der Waals surface area (Å²) in [5.74, 6) is -0.390. The summed E-state index contributed by atoms with van der Waals surface area (Å²) in [5, 5.41) is 5.88. The zero-order chi connectivity index (χ0) is 18.4. The maximum absolute atomic E-state index is 12.7. The summed E-state index contributed by atoms with van der Waals surface area (Å²) in [6.45, 7) is 5.28. The highest BCUT2D eigenvalue weighted by Crippen LogP contribution is 2.19. The monoisotopic (exact) mass is 360 g/mol. The molecular formula is C19H21ClN2O3. The van der Waals surface area contributed by atoms with Crippen molar-refractivity contribution in [3.05, 3.63) is 65.2 Å². The summed E-state index contributed by atoms with van der Waals surface area (Å²) in [6, 6.07) is 14.9. The fourth-order valence-electron chi connectivity index (χ4n) is 2.15. The van der Waals surface area contributed by atoms with Crippen molar-refractivity contribution in [2.75, 3.05) is 5.32 Å². The molecule has 0 fully saturated rings. The summed E-state index contributed by atoms with van der Waals surface area (Å²) in [4.78, 5) is 24.8. The van der Waals surface area contributed by atoms with Gasteiger partial charge in [-0.05, 0) is 44.5 Å². The van der Waals surface area contributed by atoms with Gasteiger partial charge in [0.2, 0.25) is 0 Å². The van der Waals surface area contributed by atoms with Gasteiger partial charge < -0.3 is 15.4 Å². The van der Waals surface area contributed by atoms with Crippen molar-refractivity contribution in [2.45, 2.75) is 32.4 Å². The molecule has 1 atom stereocenters. The van der Waals surface area contributed by atoms with Crippen LogP contribution in [0, 0.1) is 0 Å². The van der Waals surface area contributed by atoms with E-state index in [1.807, 2.05) is 6.07 Å². The number of alkyl carbamates (subject to hydrolysis) is 1. The number of ether oxygens (including phenoxy) is 1. The fourth-order valence-corrected chi connectivity index (χ4v) is 2.34. The van der Waals surface area contributed by atoms with Crippen LogP contribution < -0.4 is 10.6 Å². The van der Waals surface area contributed by atoms with E-state index < -0.39 is 17.7 Å². The van der Waals surface area contributed by atoms with E-state index in [1.54, 1.807) is 69.3 Å². The third-order valence-corrected chi connectivity index (χ3v) is 3.38. The Labute approximate surface area is 152 Å². The molecule has 0 aliphatic rings. The predicted octanol–water partition coefficient (Wildman–Crippen LogP) is 4.54. The van der Waals surface area contributed by atoms with Crippen molar-refractivity contribution in [1.82, 2.24) is 5.32 Å². The Balaban J connectivity index is 2.19. The minimum Gasteiger partial charge on any atom is -0.444 e.